The van der Waals surface area contributed by atoms with Crippen LogP contribution >= 0.6 is 0 Å². The van der Waals surface area contributed by atoms with Gasteiger partial charge in [-0.1, -0.05) is 0 Å². The zero-order chi connectivity index (χ0) is 6.78. The predicted octanol–water partition coefficient (Wildman–Crippen LogP) is -1.60. The Morgan fingerprint density at radius 3 is 1.70 bits per heavy atom. The van der Waals surface area contributed by atoms with Gasteiger partial charge in [-0.3, -0.25) is 4.79 Å². The number of hydrogen-bond acceptors (Lipinski definition) is 2. The monoisotopic (exact) mass is 202 g/mol. The fourth-order valence-electron chi connectivity index (χ4n) is 0.370. The molecule has 0 rings (SSSR count). The predicted molar refractivity (Wildman–Crippen MR) is 45.6 cm³/mol. The molecule has 0 bridgehead atoms. The van der Waals surface area contributed by atoms with Gasteiger partial charge in [0.05, 0.1) is 12.0 Å². The SMILES string of the molecule is CC(C)(O)CC(=O)O.[CaH2].[CaH2]. The zero-order valence-electron chi connectivity index (χ0n) is 5.01. The molecule has 5 heteroatoms. The van der Waals surface area contributed by atoms with Gasteiger partial charge in [0.15, 0.2) is 0 Å². The summed E-state index contributed by atoms with van der Waals surface area (Å²) in [7, 11) is 0. The average molecular weight is 202 g/mol. The van der Waals surface area contributed by atoms with Gasteiger partial charge in [-0.25, -0.2) is 0 Å². The van der Waals surface area contributed by atoms with Crippen molar-refractivity contribution in [2.24, 2.45) is 0 Å². The van der Waals surface area contributed by atoms with Crippen LogP contribution in [0, 0.1) is 0 Å². The van der Waals surface area contributed by atoms with E-state index in [0.717, 1.165) is 0 Å². The van der Waals surface area contributed by atoms with Crippen LogP contribution in [0.5, 0.6) is 0 Å². The van der Waals surface area contributed by atoms with Crippen LogP contribution in [-0.4, -0.2) is 97.3 Å². The van der Waals surface area contributed by atoms with Gasteiger partial charge >= 0.3 is 81.4 Å². The minimum atomic E-state index is -1.08. The second kappa shape index (κ2) is 7.59. The molecule has 0 aliphatic rings. The molecule has 56 valence electrons. The first-order valence-corrected chi connectivity index (χ1v) is 2.36. The number of aliphatic carboxylic acids is 1. The third-order valence-corrected chi connectivity index (χ3v) is 0.584. The summed E-state index contributed by atoms with van der Waals surface area (Å²) in [6.07, 6.45) is -0.201. The van der Waals surface area contributed by atoms with Gasteiger partial charge in [0.2, 0.25) is 0 Å². The molecule has 0 spiro atoms. The molecule has 0 fully saturated rings. The van der Waals surface area contributed by atoms with Crippen molar-refractivity contribution in [3.8, 4) is 0 Å². The molecular weight excluding hydrogens is 188 g/mol. The second-order valence-electron chi connectivity index (χ2n) is 2.38. The van der Waals surface area contributed by atoms with Crippen molar-refractivity contribution in [3.05, 3.63) is 0 Å². The van der Waals surface area contributed by atoms with Crippen molar-refractivity contribution in [2.75, 3.05) is 0 Å². The van der Waals surface area contributed by atoms with Gasteiger partial charge in [0.1, 0.15) is 0 Å². The van der Waals surface area contributed by atoms with Crippen LogP contribution in [-0.2, 0) is 4.79 Å². The van der Waals surface area contributed by atoms with E-state index in [0.29, 0.717) is 0 Å². The van der Waals surface area contributed by atoms with Gasteiger partial charge < -0.3 is 10.2 Å². The van der Waals surface area contributed by atoms with E-state index in [1.165, 1.54) is 13.8 Å². The van der Waals surface area contributed by atoms with Crippen LogP contribution in [0.1, 0.15) is 20.3 Å². The van der Waals surface area contributed by atoms with Crippen molar-refractivity contribution in [1.29, 1.82) is 0 Å². The molecule has 0 saturated carbocycles. The molecule has 0 aliphatic heterocycles. The third-order valence-electron chi connectivity index (χ3n) is 0.584. The standard InChI is InChI=1S/C5H10O3.2Ca.4H/c1-5(2,8)3-4(6)7;;;;;;/h8H,3H2,1-2H3,(H,6,7);;;;;;. The van der Waals surface area contributed by atoms with Gasteiger partial charge in [0.25, 0.3) is 0 Å². The summed E-state index contributed by atoms with van der Waals surface area (Å²) in [6.45, 7) is 2.92. The van der Waals surface area contributed by atoms with E-state index in [1.807, 2.05) is 0 Å². The van der Waals surface area contributed by atoms with Gasteiger partial charge in [-0.2, -0.15) is 0 Å². The van der Waals surface area contributed by atoms with Crippen LogP contribution < -0.4 is 0 Å². The normalized spacial score (nSPS) is 9.10. The Labute approximate surface area is 120 Å². The molecule has 3 nitrogen and oxygen atoms in total. The molecule has 0 atom stereocenters. The molecule has 0 aromatic carbocycles. The van der Waals surface area contributed by atoms with Gasteiger partial charge in [0, 0.05) is 0 Å². The van der Waals surface area contributed by atoms with Crippen LogP contribution in [0.25, 0.3) is 0 Å². The quantitative estimate of drug-likeness (QED) is 0.530. The minimum absolute atomic E-state index is 0. The van der Waals surface area contributed by atoms with Crippen molar-refractivity contribution in [3.63, 3.8) is 0 Å². The van der Waals surface area contributed by atoms with E-state index in [4.69, 9.17) is 10.2 Å². The molecular formula is C5H14Ca2O3. The molecule has 0 aromatic heterocycles. The first-order chi connectivity index (χ1) is 3.42. The molecule has 0 heterocycles. The summed E-state index contributed by atoms with van der Waals surface area (Å²) in [6, 6.07) is 0. The van der Waals surface area contributed by atoms with E-state index in [1.54, 1.807) is 0 Å². The van der Waals surface area contributed by atoms with Crippen molar-refractivity contribution >= 4 is 81.4 Å². The molecule has 0 aromatic rings. The summed E-state index contributed by atoms with van der Waals surface area (Å²) >= 11 is 0. The average Bonchev–Trinajstić information content (AvgIpc) is 1.21. The van der Waals surface area contributed by atoms with E-state index >= 15 is 0 Å². The summed E-state index contributed by atoms with van der Waals surface area (Å²) in [5.41, 5.74) is -1.08. The molecule has 0 aliphatic carbocycles. The molecule has 0 amide bonds. The van der Waals surface area contributed by atoms with Gasteiger partial charge in [-0.05, 0) is 13.8 Å². The molecule has 2 N–H and O–H groups in total. The van der Waals surface area contributed by atoms with Crippen molar-refractivity contribution in [1.82, 2.24) is 0 Å². The number of carbonyl (C=O) groups is 1. The number of hydrogen-bond donors (Lipinski definition) is 2. The fourth-order valence-corrected chi connectivity index (χ4v) is 0.370. The van der Waals surface area contributed by atoms with E-state index in [-0.39, 0.29) is 81.9 Å². The second-order valence-corrected chi connectivity index (χ2v) is 2.38. The molecule has 0 saturated heterocycles. The van der Waals surface area contributed by atoms with Crippen molar-refractivity contribution in [2.45, 2.75) is 25.9 Å². The van der Waals surface area contributed by atoms with Crippen LogP contribution in [0.15, 0.2) is 0 Å². The van der Waals surface area contributed by atoms with Crippen LogP contribution in [0.4, 0.5) is 0 Å². The Balaban J connectivity index is -0.000000245. The van der Waals surface area contributed by atoms with E-state index in [9.17, 15) is 4.79 Å². The number of aliphatic hydroxyl groups is 1. The number of rotatable bonds is 2. The maximum atomic E-state index is 9.85. The Morgan fingerprint density at radius 1 is 1.40 bits per heavy atom. The maximum absolute atomic E-state index is 9.85. The molecule has 0 unspecified atom stereocenters. The Bertz CT molecular complexity index is 97.6. The first-order valence-electron chi connectivity index (χ1n) is 2.36. The fraction of sp³-hybridized carbons (Fsp3) is 0.800. The summed E-state index contributed by atoms with van der Waals surface area (Å²) in [5.74, 6) is -0.975. The molecule has 10 heavy (non-hydrogen) atoms. The Morgan fingerprint density at radius 2 is 1.70 bits per heavy atom. The van der Waals surface area contributed by atoms with E-state index in [2.05, 4.69) is 0 Å². The van der Waals surface area contributed by atoms with Gasteiger partial charge in [-0.15, -0.1) is 0 Å². The Hall–Kier alpha value is 1.95. The first kappa shape index (κ1) is 17.9. The van der Waals surface area contributed by atoms with Crippen LogP contribution in [0.2, 0.25) is 0 Å². The number of carboxylic acid groups (broad SMARTS) is 1. The van der Waals surface area contributed by atoms with E-state index < -0.39 is 11.6 Å². The topological polar surface area (TPSA) is 57.5 Å². The summed E-state index contributed by atoms with van der Waals surface area (Å²) in [5, 5.41) is 16.9. The number of carboxylic acids is 1. The Kier molecular flexibility index (Phi) is 13.6. The van der Waals surface area contributed by atoms with Crippen LogP contribution in [0.3, 0.4) is 0 Å². The third kappa shape index (κ3) is 16.5. The summed E-state index contributed by atoms with van der Waals surface area (Å²) < 4.78 is 0. The van der Waals surface area contributed by atoms with Crippen molar-refractivity contribution < 1.29 is 15.0 Å². The zero-order valence-corrected chi connectivity index (χ0v) is 5.01. The summed E-state index contributed by atoms with van der Waals surface area (Å²) in [4.78, 5) is 9.85. The molecule has 0 radical (unpaired) electrons.